The molecule has 0 bridgehead atoms. The van der Waals surface area contributed by atoms with E-state index >= 15 is 0 Å². The van der Waals surface area contributed by atoms with Gasteiger partial charge in [-0.05, 0) is 36.5 Å². The molecule has 0 saturated heterocycles. The largest absolute Gasteiger partial charge is 0.205 e. The van der Waals surface area contributed by atoms with Crippen LogP contribution in [0.1, 0.15) is 28.8 Å². The van der Waals surface area contributed by atoms with Crippen LogP contribution >= 0.6 is 27.5 Å². The van der Waals surface area contributed by atoms with Crippen LogP contribution < -0.4 is 0 Å². The fourth-order valence-electron chi connectivity index (χ4n) is 2.04. The van der Waals surface area contributed by atoms with Crippen molar-refractivity contribution in [2.45, 2.75) is 24.1 Å². The molecule has 0 aliphatic rings. The van der Waals surface area contributed by atoms with Gasteiger partial charge in [0.25, 0.3) is 0 Å². The standard InChI is InChI=1S/C16H15BrClF/c17-14(12-6-2-1-3-7-12)10-4-8-13-9-5-11-15(18)16(13)19/h1-3,5-7,9,11,14H,4,8,10H2. The molecule has 0 amide bonds. The second-order valence-electron chi connectivity index (χ2n) is 4.48. The SMILES string of the molecule is Fc1c(Cl)cccc1CCCC(Br)c1ccccc1. The summed E-state index contributed by atoms with van der Waals surface area (Å²) in [5.74, 6) is -0.282. The molecule has 19 heavy (non-hydrogen) atoms. The minimum Gasteiger partial charge on any atom is -0.205 e. The quantitative estimate of drug-likeness (QED) is 0.591. The predicted molar refractivity (Wildman–Crippen MR) is 82.5 cm³/mol. The lowest BCUT2D eigenvalue weighted by molar-refractivity contribution is 0.600. The van der Waals surface area contributed by atoms with Gasteiger partial charge in [-0.25, -0.2) is 4.39 Å². The van der Waals surface area contributed by atoms with Gasteiger partial charge >= 0.3 is 0 Å². The molecule has 3 heteroatoms. The minimum atomic E-state index is -0.282. The number of rotatable bonds is 5. The third-order valence-electron chi connectivity index (χ3n) is 3.10. The Bertz CT molecular complexity index is 528. The van der Waals surface area contributed by atoms with E-state index in [1.165, 1.54) is 5.56 Å². The molecule has 0 N–H and O–H groups in total. The highest BCUT2D eigenvalue weighted by atomic mass is 79.9. The van der Waals surface area contributed by atoms with Gasteiger partial charge in [0, 0.05) is 4.83 Å². The molecule has 1 unspecified atom stereocenters. The molecule has 0 spiro atoms. The molecular formula is C16H15BrClF. The van der Waals surface area contributed by atoms with E-state index < -0.39 is 0 Å². The minimum absolute atomic E-state index is 0.205. The third kappa shape index (κ3) is 4.05. The van der Waals surface area contributed by atoms with Crippen molar-refractivity contribution in [3.05, 3.63) is 70.5 Å². The van der Waals surface area contributed by atoms with Crippen molar-refractivity contribution in [1.82, 2.24) is 0 Å². The first-order valence-electron chi connectivity index (χ1n) is 6.30. The van der Waals surface area contributed by atoms with Crippen molar-refractivity contribution in [1.29, 1.82) is 0 Å². The van der Waals surface area contributed by atoms with Crippen molar-refractivity contribution in [2.75, 3.05) is 0 Å². The first kappa shape index (κ1) is 14.5. The Balaban J connectivity index is 1.88. The summed E-state index contributed by atoms with van der Waals surface area (Å²) in [7, 11) is 0. The smallest absolute Gasteiger partial charge is 0.144 e. The van der Waals surface area contributed by atoms with Crippen LogP contribution in [0, 0.1) is 5.82 Å². The topological polar surface area (TPSA) is 0 Å². The Morgan fingerprint density at radius 3 is 2.53 bits per heavy atom. The van der Waals surface area contributed by atoms with E-state index in [1.807, 2.05) is 18.2 Å². The second kappa shape index (κ2) is 7.06. The van der Waals surface area contributed by atoms with Gasteiger partial charge in [0.15, 0.2) is 0 Å². The summed E-state index contributed by atoms with van der Waals surface area (Å²) in [5.41, 5.74) is 1.95. The maximum Gasteiger partial charge on any atom is 0.144 e. The van der Waals surface area contributed by atoms with Gasteiger partial charge in [-0.1, -0.05) is 70.0 Å². The number of aryl methyl sites for hydroxylation is 1. The first-order chi connectivity index (χ1) is 9.18. The van der Waals surface area contributed by atoms with E-state index in [4.69, 9.17) is 11.6 Å². The number of hydrogen-bond donors (Lipinski definition) is 0. The zero-order valence-corrected chi connectivity index (χ0v) is 12.8. The monoisotopic (exact) mass is 340 g/mol. The summed E-state index contributed by atoms with van der Waals surface area (Å²) < 4.78 is 13.7. The zero-order valence-electron chi connectivity index (χ0n) is 10.5. The molecule has 0 aliphatic carbocycles. The highest BCUT2D eigenvalue weighted by Gasteiger charge is 2.09. The van der Waals surface area contributed by atoms with Crippen LogP contribution in [0.15, 0.2) is 48.5 Å². The van der Waals surface area contributed by atoms with Gasteiger partial charge in [-0.3, -0.25) is 0 Å². The van der Waals surface area contributed by atoms with E-state index in [9.17, 15) is 4.39 Å². The zero-order chi connectivity index (χ0) is 13.7. The molecule has 0 heterocycles. The molecule has 0 aromatic heterocycles. The van der Waals surface area contributed by atoms with Crippen LogP contribution in [0.3, 0.4) is 0 Å². The van der Waals surface area contributed by atoms with Crippen molar-refractivity contribution in [2.24, 2.45) is 0 Å². The van der Waals surface area contributed by atoms with Crippen molar-refractivity contribution >= 4 is 27.5 Å². The van der Waals surface area contributed by atoms with Gasteiger partial charge < -0.3 is 0 Å². The Hall–Kier alpha value is -0.860. The summed E-state index contributed by atoms with van der Waals surface area (Å²) in [6.07, 6.45) is 2.60. The fraction of sp³-hybridized carbons (Fsp3) is 0.250. The van der Waals surface area contributed by atoms with E-state index in [0.29, 0.717) is 16.8 Å². The van der Waals surface area contributed by atoms with Crippen LogP contribution in [-0.4, -0.2) is 0 Å². The first-order valence-corrected chi connectivity index (χ1v) is 7.59. The van der Waals surface area contributed by atoms with Crippen LogP contribution in [-0.2, 0) is 6.42 Å². The number of halogens is 3. The van der Waals surface area contributed by atoms with Crippen LogP contribution in [0.4, 0.5) is 4.39 Å². The summed E-state index contributed by atoms with van der Waals surface area (Å²) >= 11 is 9.44. The molecule has 0 nitrogen and oxygen atoms in total. The van der Waals surface area contributed by atoms with Gasteiger partial charge in [-0.2, -0.15) is 0 Å². The lowest BCUT2D eigenvalue weighted by Gasteiger charge is -2.10. The molecular weight excluding hydrogens is 327 g/mol. The van der Waals surface area contributed by atoms with Crippen LogP contribution in [0.25, 0.3) is 0 Å². The molecule has 0 fully saturated rings. The van der Waals surface area contributed by atoms with Gasteiger partial charge in [0.2, 0.25) is 0 Å². The molecule has 2 rings (SSSR count). The lowest BCUT2D eigenvalue weighted by atomic mass is 10.0. The molecule has 0 saturated carbocycles. The van der Waals surface area contributed by atoms with Crippen molar-refractivity contribution in [3.8, 4) is 0 Å². The number of alkyl halides is 1. The Morgan fingerprint density at radius 1 is 1.05 bits per heavy atom. The maximum atomic E-state index is 13.7. The molecule has 1 atom stereocenters. The lowest BCUT2D eigenvalue weighted by Crippen LogP contribution is -1.95. The van der Waals surface area contributed by atoms with Gasteiger partial charge in [-0.15, -0.1) is 0 Å². The highest BCUT2D eigenvalue weighted by Crippen LogP contribution is 2.28. The van der Waals surface area contributed by atoms with E-state index in [1.54, 1.807) is 18.2 Å². The van der Waals surface area contributed by atoms with Gasteiger partial charge in [0.05, 0.1) is 5.02 Å². The molecule has 0 aliphatic heterocycles. The maximum absolute atomic E-state index is 13.7. The summed E-state index contributed by atoms with van der Waals surface area (Å²) in [6, 6.07) is 15.4. The number of hydrogen-bond acceptors (Lipinski definition) is 0. The van der Waals surface area contributed by atoms with E-state index in [-0.39, 0.29) is 10.8 Å². The van der Waals surface area contributed by atoms with Gasteiger partial charge in [0.1, 0.15) is 5.82 Å². The average Bonchev–Trinajstić information content (AvgIpc) is 2.44. The van der Waals surface area contributed by atoms with E-state index in [2.05, 4.69) is 28.1 Å². The molecule has 0 radical (unpaired) electrons. The normalized spacial score (nSPS) is 12.4. The summed E-state index contributed by atoms with van der Waals surface area (Å²) in [6.45, 7) is 0. The molecule has 100 valence electrons. The number of benzene rings is 2. The molecule has 2 aromatic rings. The van der Waals surface area contributed by atoms with Crippen LogP contribution in [0.2, 0.25) is 5.02 Å². The highest BCUT2D eigenvalue weighted by molar-refractivity contribution is 9.09. The van der Waals surface area contributed by atoms with Crippen molar-refractivity contribution in [3.63, 3.8) is 0 Å². The summed E-state index contributed by atoms with van der Waals surface area (Å²) in [4.78, 5) is 0.316. The van der Waals surface area contributed by atoms with Crippen LogP contribution in [0.5, 0.6) is 0 Å². The molecule has 2 aromatic carbocycles. The summed E-state index contributed by atoms with van der Waals surface area (Å²) in [5, 5.41) is 0.205. The Morgan fingerprint density at radius 2 is 1.79 bits per heavy atom. The fourth-order valence-corrected chi connectivity index (χ4v) is 2.86. The second-order valence-corrected chi connectivity index (χ2v) is 6.00. The Kier molecular flexibility index (Phi) is 5.41. The Labute approximate surface area is 126 Å². The predicted octanol–water partition coefficient (Wildman–Crippen LogP) is 5.94. The third-order valence-corrected chi connectivity index (χ3v) is 4.37. The van der Waals surface area contributed by atoms with Crippen molar-refractivity contribution < 1.29 is 4.39 Å². The average molecular weight is 342 g/mol. The van der Waals surface area contributed by atoms with E-state index in [0.717, 1.165) is 12.8 Å².